The SMILES string of the molecule is C[C@H]1CCCCO[C@@H](CN(C)C)[C@@H](C)CN([C@@H](C)CO)C(=O)c2cc(NC(=O)C3CCCCC3)ccc2O1. The molecule has 0 aromatic heterocycles. The van der Waals surface area contributed by atoms with Crippen LogP contribution in [0.5, 0.6) is 5.75 Å². The highest BCUT2D eigenvalue weighted by Gasteiger charge is 2.30. The first kappa shape index (κ1) is 30.4. The van der Waals surface area contributed by atoms with Crippen molar-refractivity contribution in [2.45, 2.75) is 90.4 Å². The molecule has 8 nitrogen and oxygen atoms in total. The van der Waals surface area contributed by atoms with Crippen LogP contribution in [0, 0.1) is 11.8 Å². The maximum absolute atomic E-state index is 14.1. The van der Waals surface area contributed by atoms with Gasteiger partial charge in [0.1, 0.15) is 5.75 Å². The molecule has 1 aromatic rings. The summed E-state index contributed by atoms with van der Waals surface area (Å²) < 4.78 is 12.6. The standard InChI is InChI=1S/C30H49N3O5/c1-21-18-33(22(2)20-34)30(36)26-17-25(31-29(35)24-12-7-6-8-13-24)14-15-27(26)38-23(3)11-9-10-16-37-28(21)19-32(4)5/h14-15,17,21-24,28,34H,6-13,16,18-20H2,1-5H3,(H,31,35)/t21-,22-,23-,28-/m0/s1. The lowest BCUT2D eigenvalue weighted by Gasteiger charge is -2.35. The van der Waals surface area contributed by atoms with E-state index in [4.69, 9.17) is 9.47 Å². The van der Waals surface area contributed by atoms with Crippen LogP contribution in [-0.4, -0.2) is 85.4 Å². The van der Waals surface area contributed by atoms with E-state index < -0.39 is 0 Å². The van der Waals surface area contributed by atoms with E-state index >= 15 is 0 Å². The summed E-state index contributed by atoms with van der Waals surface area (Å²) in [6.07, 6.45) is 7.81. The van der Waals surface area contributed by atoms with Crippen LogP contribution in [0.1, 0.15) is 82.5 Å². The molecule has 0 unspecified atom stereocenters. The van der Waals surface area contributed by atoms with E-state index in [-0.39, 0.29) is 48.5 Å². The Hall–Kier alpha value is -2.16. The van der Waals surface area contributed by atoms with E-state index in [1.54, 1.807) is 17.0 Å². The molecule has 0 bridgehead atoms. The largest absolute Gasteiger partial charge is 0.490 e. The Morgan fingerprint density at radius 3 is 2.53 bits per heavy atom. The van der Waals surface area contributed by atoms with Crippen molar-refractivity contribution in [3.63, 3.8) is 0 Å². The number of hydrogen-bond donors (Lipinski definition) is 2. The first-order valence-corrected chi connectivity index (χ1v) is 14.5. The number of anilines is 1. The third-order valence-corrected chi connectivity index (χ3v) is 7.84. The molecule has 0 radical (unpaired) electrons. The number of aliphatic hydroxyl groups excluding tert-OH is 1. The van der Waals surface area contributed by atoms with Gasteiger partial charge >= 0.3 is 0 Å². The molecule has 0 saturated heterocycles. The minimum atomic E-state index is -0.386. The van der Waals surface area contributed by atoms with Gasteiger partial charge in [-0.05, 0) is 78.2 Å². The first-order valence-electron chi connectivity index (χ1n) is 14.5. The summed E-state index contributed by atoms with van der Waals surface area (Å²) >= 11 is 0. The molecule has 214 valence electrons. The van der Waals surface area contributed by atoms with Crippen LogP contribution in [0.15, 0.2) is 18.2 Å². The van der Waals surface area contributed by atoms with Crippen molar-refractivity contribution in [2.75, 3.05) is 45.7 Å². The average molecular weight is 532 g/mol. The second kappa shape index (κ2) is 14.8. The summed E-state index contributed by atoms with van der Waals surface area (Å²) in [4.78, 5) is 30.9. The van der Waals surface area contributed by atoms with Gasteiger partial charge in [0.05, 0.1) is 30.4 Å². The van der Waals surface area contributed by atoms with E-state index in [1.165, 1.54) is 6.42 Å². The fourth-order valence-electron chi connectivity index (χ4n) is 5.43. The number of benzene rings is 1. The lowest BCUT2D eigenvalue weighted by Crippen LogP contribution is -2.47. The second-order valence-corrected chi connectivity index (χ2v) is 11.6. The van der Waals surface area contributed by atoms with Crippen LogP contribution in [0.4, 0.5) is 5.69 Å². The lowest BCUT2D eigenvalue weighted by atomic mass is 9.88. The van der Waals surface area contributed by atoms with E-state index in [0.29, 0.717) is 30.2 Å². The van der Waals surface area contributed by atoms with Crippen molar-refractivity contribution in [3.05, 3.63) is 23.8 Å². The number of likely N-dealkylation sites (N-methyl/N-ethyl adjacent to an activating group) is 1. The molecule has 2 amide bonds. The Morgan fingerprint density at radius 2 is 1.84 bits per heavy atom. The summed E-state index contributed by atoms with van der Waals surface area (Å²) in [6.45, 7) is 7.68. The predicted molar refractivity (Wildman–Crippen MR) is 151 cm³/mol. The number of fused-ring (bicyclic) bond motifs is 1. The number of amides is 2. The fourth-order valence-corrected chi connectivity index (χ4v) is 5.43. The third kappa shape index (κ3) is 8.68. The van der Waals surface area contributed by atoms with Crippen molar-refractivity contribution in [2.24, 2.45) is 11.8 Å². The van der Waals surface area contributed by atoms with Gasteiger partial charge in [-0.2, -0.15) is 0 Å². The lowest BCUT2D eigenvalue weighted by molar-refractivity contribution is -0.120. The van der Waals surface area contributed by atoms with Gasteiger partial charge in [0.2, 0.25) is 5.91 Å². The highest BCUT2D eigenvalue weighted by Crippen LogP contribution is 2.30. The summed E-state index contributed by atoms with van der Waals surface area (Å²) in [5, 5.41) is 13.1. The Labute approximate surface area is 229 Å². The Balaban J connectivity index is 1.94. The number of nitrogens with zero attached hydrogens (tertiary/aromatic N) is 2. The average Bonchev–Trinajstić information content (AvgIpc) is 2.90. The Morgan fingerprint density at radius 1 is 1.13 bits per heavy atom. The molecule has 1 aliphatic carbocycles. The van der Waals surface area contributed by atoms with Gasteiger partial charge in [-0.25, -0.2) is 0 Å². The normalized spacial score (nSPS) is 25.3. The number of rotatable bonds is 6. The topological polar surface area (TPSA) is 91.3 Å². The smallest absolute Gasteiger partial charge is 0.258 e. The fraction of sp³-hybridized carbons (Fsp3) is 0.733. The van der Waals surface area contributed by atoms with Crippen LogP contribution in [-0.2, 0) is 9.53 Å². The van der Waals surface area contributed by atoms with Gasteiger partial charge in [-0.3, -0.25) is 9.59 Å². The molecule has 2 N–H and O–H groups in total. The van der Waals surface area contributed by atoms with Crippen molar-refractivity contribution in [3.8, 4) is 5.75 Å². The number of nitrogens with one attached hydrogen (secondary N) is 1. The molecule has 1 aliphatic heterocycles. The van der Waals surface area contributed by atoms with Crippen molar-refractivity contribution in [1.82, 2.24) is 9.80 Å². The van der Waals surface area contributed by atoms with Crippen molar-refractivity contribution < 1.29 is 24.2 Å². The molecular formula is C30H49N3O5. The van der Waals surface area contributed by atoms with Crippen molar-refractivity contribution >= 4 is 17.5 Å². The van der Waals surface area contributed by atoms with Gasteiger partial charge in [0, 0.05) is 37.2 Å². The van der Waals surface area contributed by atoms with E-state index in [9.17, 15) is 14.7 Å². The van der Waals surface area contributed by atoms with Gasteiger partial charge in [0.25, 0.3) is 5.91 Å². The Kier molecular flexibility index (Phi) is 11.9. The van der Waals surface area contributed by atoms with Crippen LogP contribution in [0.25, 0.3) is 0 Å². The monoisotopic (exact) mass is 531 g/mol. The molecule has 8 heteroatoms. The zero-order valence-electron chi connectivity index (χ0n) is 24.1. The van der Waals surface area contributed by atoms with E-state index in [0.717, 1.165) is 51.5 Å². The number of aliphatic hydroxyl groups is 1. The minimum Gasteiger partial charge on any atom is -0.490 e. The summed E-state index contributed by atoms with van der Waals surface area (Å²) in [5.74, 6) is 0.389. The van der Waals surface area contributed by atoms with Crippen LogP contribution >= 0.6 is 0 Å². The van der Waals surface area contributed by atoms with Gasteiger partial charge in [-0.1, -0.05) is 26.2 Å². The highest BCUT2D eigenvalue weighted by molar-refractivity contribution is 6.00. The third-order valence-electron chi connectivity index (χ3n) is 7.84. The summed E-state index contributed by atoms with van der Waals surface area (Å²) in [7, 11) is 4.05. The highest BCUT2D eigenvalue weighted by atomic mass is 16.5. The van der Waals surface area contributed by atoms with Gasteiger partial charge in [0.15, 0.2) is 0 Å². The van der Waals surface area contributed by atoms with E-state index in [1.807, 2.05) is 34.0 Å². The molecule has 3 rings (SSSR count). The van der Waals surface area contributed by atoms with Crippen LogP contribution in [0.3, 0.4) is 0 Å². The summed E-state index contributed by atoms with van der Waals surface area (Å²) in [6, 6.07) is 4.98. The molecule has 1 aromatic carbocycles. The number of carbonyl (C=O) groups is 2. The maximum atomic E-state index is 14.1. The molecule has 1 fully saturated rings. The predicted octanol–water partition coefficient (Wildman–Crippen LogP) is 4.56. The minimum absolute atomic E-state index is 0.0183. The zero-order chi connectivity index (χ0) is 27.7. The van der Waals surface area contributed by atoms with E-state index in [2.05, 4.69) is 17.1 Å². The zero-order valence-corrected chi connectivity index (χ0v) is 24.1. The maximum Gasteiger partial charge on any atom is 0.258 e. The number of hydrogen-bond acceptors (Lipinski definition) is 6. The quantitative estimate of drug-likeness (QED) is 0.559. The number of carbonyl (C=O) groups excluding carboxylic acids is 2. The Bertz CT molecular complexity index is 902. The van der Waals surface area contributed by atoms with Crippen LogP contribution < -0.4 is 10.1 Å². The molecule has 1 saturated carbocycles. The van der Waals surface area contributed by atoms with Crippen molar-refractivity contribution in [1.29, 1.82) is 0 Å². The van der Waals surface area contributed by atoms with Gasteiger partial charge < -0.3 is 29.7 Å². The molecule has 1 heterocycles. The van der Waals surface area contributed by atoms with Crippen LogP contribution in [0.2, 0.25) is 0 Å². The number of ether oxygens (including phenoxy) is 2. The molecule has 38 heavy (non-hydrogen) atoms. The first-order chi connectivity index (χ1) is 18.2. The van der Waals surface area contributed by atoms with Gasteiger partial charge in [-0.15, -0.1) is 0 Å². The summed E-state index contributed by atoms with van der Waals surface area (Å²) in [5.41, 5.74) is 1.01. The second-order valence-electron chi connectivity index (χ2n) is 11.6. The molecular weight excluding hydrogens is 482 g/mol. The molecule has 0 spiro atoms. The molecule has 4 atom stereocenters. The molecule has 2 aliphatic rings.